The van der Waals surface area contributed by atoms with E-state index in [1.165, 1.54) is 0 Å². The Bertz CT molecular complexity index is 342. The van der Waals surface area contributed by atoms with E-state index in [9.17, 15) is 4.79 Å². The third-order valence-electron chi connectivity index (χ3n) is 2.08. The van der Waals surface area contributed by atoms with Gasteiger partial charge < -0.3 is 11.1 Å². The molecule has 0 radical (unpaired) electrons. The minimum Gasteiger partial charge on any atom is -0.325 e. The number of nitrogens with one attached hydrogen (secondary N) is 1. The first-order valence-corrected chi connectivity index (χ1v) is 7.41. The van der Waals surface area contributed by atoms with Gasteiger partial charge in [-0.3, -0.25) is 4.79 Å². The highest BCUT2D eigenvalue weighted by molar-refractivity contribution is 14.1. The average molecular weight is 350 g/mol. The molecule has 0 unspecified atom stereocenters. The molecule has 0 fully saturated rings. The summed E-state index contributed by atoms with van der Waals surface area (Å²) in [7, 11) is 0. The predicted molar refractivity (Wildman–Crippen MR) is 78.8 cm³/mol. The lowest BCUT2D eigenvalue weighted by molar-refractivity contribution is -0.117. The zero-order valence-electron chi connectivity index (χ0n) is 9.07. The molecule has 5 heteroatoms. The van der Waals surface area contributed by atoms with Crippen LogP contribution in [0, 0.1) is 3.57 Å². The van der Waals surface area contributed by atoms with Crippen LogP contribution in [-0.2, 0) is 4.79 Å². The number of carbonyl (C=O) groups excluding carboxylic acids is 1. The summed E-state index contributed by atoms with van der Waals surface area (Å²) in [5, 5.41) is 2.80. The fourth-order valence-electron chi connectivity index (χ4n) is 1.14. The van der Waals surface area contributed by atoms with E-state index in [-0.39, 0.29) is 5.91 Å². The lowest BCUT2D eigenvalue weighted by atomic mass is 10.2. The van der Waals surface area contributed by atoms with Crippen molar-refractivity contribution in [1.82, 2.24) is 0 Å². The minimum absolute atomic E-state index is 0.116. The van der Waals surface area contributed by atoms with Crippen molar-refractivity contribution in [1.29, 1.82) is 0 Å². The van der Waals surface area contributed by atoms with E-state index in [1.807, 2.05) is 30.5 Å². The number of carbonyl (C=O) groups is 1. The van der Waals surface area contributed by atoms with Gasteiger partial charge in [-0.25, -0.2) is 0 Å². The first-order chi connectivity index (χ1) is 7.63. The van der Waals surface area contributed by atoms with Gasteiger partial charge in [0.2, 0.25) is 5.91 Å². The summed E-state index contributed by atoms with van der Waals surface area (Å²) in [6.07, 6.45) is 2.71. The van der Waals surface area contributed by atoms with Crippen LogP contribution in [0.4, 0.5) is 5.69 Å². The molecule has 0 aliphatic heterocycles. The highest BCUT2D eigenvalue weighted by atomic mass is 127. The van der Waals surface area contributed by atoms with Crippen LogP contribution >= 0.6 is 34.4 Å². The van der Waals surface area contributed by atoms with Crippen LogP contribution in [-0.4, -0.2) is 24.0 Å². The van der Waals surface area contributed by atoms with E-state index in [1.54, 1.807) is 11.8 Å². The highest BCUT2D eigenvalue weighted by Gasteiger charge is 2.12. The molecule has 16 heavy (non-hydrogen) atoms. The van der Waals surface area contributed by atoms with Gasteiger partial charge in [-0.05, 0) is 65.3 Å². The number of hydrogen-bond acceptors (Lipinski definition) is 3. The van der Waals surface area contributed by atoms with Crippen molar-refractivity contribution in [3.05, 3.63) is 27.8 Å². The Balaban J connectivity index is 2.47. The van der Waals surface area contributed by atoms with E-state index >= 15 is 0 Å². The molecule has 1 amide bonds. The molecule has 0 bridgehead atoms. The summed E-state index contributed by atoms with van der Waals surface area (Å²) >= 11 is 3.92. The molecule has 88 valence electrons. The molecular formula is C11H15IN2OS. The smallest absolute Gasteiger partial charge is 0.241 e. The summed E-state index contributed by atoms with van der Waals surface area (Å²) in [5.41, 5.74) is 6.55. The van der Waals surface area contributed by atoms with Crippen molar-refractivity contribution in [2.45, 2.75) is 12.5 Å². The molecule has 0 saturated carbocycles. The fraction of sp³-hybridized carbons (Fsp3) is 0.364. The van der Waals surface area contributed by atoms with Crippen molar-refractivity contribution in [2.75, 3.05) is 17.3 Å². The minimum atomic E-state index is -0.424. The van der Waals surface area contributed by atoms with E-state index in [2.05, 4.69) is 27.9 Å². The van der Waals surface area contributed by atoms with Crippen molar-refractivity contribution >= 4 is 45.9 Å². The van der Waals surface area contributed by atoms with Gasteiger partial charge in [0.15, 0.2) is 0 Å². The molecular weight excluding hydrogens is 335 g/mol. The molecule has 0 aromatic heterocycles. The zero-order chi connectivity index (χ0) is 12.0. The number of benzene rings is 1. The third kappa shape index (κ3) is 4.71. The summed E-state index contributed by atoms with van der Waals surface area (Å²) in [6, 6.07) is 7.22. The average Bonchev–Trinajstić information content (AvgIpc) is 2.29. The molecule has 1 aromatic carbocycles. The first-order valence-electron chi connectivity index (χ1n) is 4.94. The molecule has 3 N–H and O–H groups in total. The molecule has 0 aliphatic carbocycles. The molecule has 3 nitrogen and oxygen atoms in total. The topological polar surface area (TPSA) is 55.1 Å². The highest BCUT2D eigenvalue weighted by Crippen LogP contribution is 2.11. The van der Waals surface area contributed by atoms with E-state index in [0.717, 1.165) is 15.0 Å². The normalized spacial score (nSPS) is 12.2. The molecule has 0 aliphatic rings. The maximum atomic E-state index is 11.7. The van der Waals surface area contributed by atoms with Crippen LogP contribution < -0.4 is 11.1 Å². The number of thioether (sulfide) groups is 1. The van der Waals surface area contributed by atoms with Gasteiger partial charge >= 0.3 is 0 Å². The summed E-state index contributed by atoms with van der Waals surface area (Å²) < 4.78 is 1.14. The van der Waals surface area contributed by atoms with Crippen LogP contribution in [0.15, 0.2) is 24.3 Å². The van der Waals surface area contributed by atoms with Crippen molar-refractivity contribution < 1.29 is 4.79 Å². The molecule has 1 aromatic rings. The van der Waals surface area contributed by atoms with Gasteiger partial charge in [0.05, 0.1) is 6.04 Å². The van der Waals surface area contributed by atoms with E-state index in [0.29, 0.717) is 6.42 Å². The number of amides is 1. The molecule has 0 spiro atoms. The van der Waals surface area contributed by atoms with Crippen LogP contribution in [0.2, 0.25) is 0 Å². The fourth-order valence-corrected chi connectivity index (χ4v) is 1.99. The number of halogens is 1. The van der Waals surface area contributed by atoms with Crippen LogP contribution in [0.1, 0.15) is 6.42 Å². The second-order valence-electron chi connectivity index (χ2n) is 3.38. The molecule has 0 saturated heterocycles. The van der Waals surface area contributed by atoms with Gasteiger partial charge in [-0.15, -0.1) is 0 Å². The maximum absolute atomic E-state index is 11.7. The SMILES string of the molecule is CSCC[C@@H](N)C(=O)Nc1ccc(I)cc1. The maximum Gasteiger partial charge on any atom is 0.241 e. The Morgan fingerprint density at radius 3 is 2.69 bits per heavy atom. The monoisotopic (exact) mass is 350 g/mol. The van der Waals surface area contributed by atoms with Gasteiger partial charge in [0, 0.05) is 9.26 Å². The predicted octanol–water partition coefficient (Wildman–Crippen LogP) is 2.31. The number of rotatable bonds is 5. The van der Waals surface area contributed by atoms with Crippen LogP contribution in [0.5, 0.6) is 0 Å². The van der Waals surface area contributed by atoms with Crippen molar-refractivity contribution in [2.24, 2.45) is 5.73 Å². The van der Waals surface area contributed by atoms with E-state index in [4.69, 9.17) is 5.73 Å². The molecule has 0 heterocycles. The van der Waals surface area contributed by atoms with Crippen LogP contribution in [0.3, 0.4) is 0 Å². The van der Waals surface area contributed by atoms with Gasteiger partial charge in [-0.1, -0.05) is 0 Å². The van der Waals surface area contributed by atoms with E-state index < -0.39 is 6.04 Å². The van der Waals surface area contributed by atoms with Crippen LogP contribution in [0.25, 0.3) is 0 Å². The number of nitrogens with two attached hydrogens (primary N) is 1. The quantitative estimate of drug-likeness (QED) is 0.802. The Kier molecular flexibility index (Phi) is 6.15. The summed E-state index contributed by atoms with van der Waals surface area (Å²) in [4.78, 5) is 11.7. The Hall–Kier alpha value is -0.270. The lowest BCUT2D eigenvalue weighted by Crippen LogP contribution is -2.36. The van der Waals surface area contributed by atoms with Crippen molar-refractivity contribution in [3.63, 3.8) is 0 Å². The lowest BCUT2D eigenvalue weighted by Gasteiger charge is -2.11. The molecule has 1 atom stereocenters. The standard InChI is InChI=1S/C11H15IN2OS/c1-16-7-6-10(13)11(15)14-9-4-2-8(12)3-5-9/h2-5,10H,6-7,13H2,1H3,(H,14,15)/t10-/m1/s1. The first kappa shape index (κ1) is 13.8. The number of anilines is 1. The second-order valence-corrected chi connectivity index (χ2v) is 5.62. The van der Waals surface area contributed by atoms with Gasteiger partial charge in [0.25, 0.3) is 0 Å². The van der Waals surface area contributed by atoms with Gasteiger partial charge in [0.1, 0.15) is 0 Å². The zero-order valence-corrected chi connectivity index (χ0v) is 12.0. The summed E-state index contributed by atoms with van der Waals surface area (Å²) in [5.74, 6) is 0.789. The number of hydrogen-bond donors (Lipinski definition) is 2. The van der Waals surface area contributed by atoms with Gasteiger partial charge in [-0.2, -0.15) is 11.8 Å². The van der Waals surface area contributed by atoms with Crippen molar-refractivity contribution in [3.8, 4) is 0 Å². The Morgan fingerprint density at radius 1 is 1.50 bits per heavy atom. The summed E-state index contributed by atoms with van der Waals surface area (Å²) in [6.45, 7) is 0. The largest absolute Gasteiger partial charge is 0.325 e. The third-order valence-corrected chi connectivity index (χ3v) is 3.44. The Morgan fingerprint density at radius 2 is 2.12 bits per heavy atom. The second kappa shape index (κ2) is 7.13. The molecule has 1 rings (SSSR count). The Labute approximate surface area is 114 Å².